The predicted octanol–water partition coefficient (Wildman–Crippen LogP) is 3.05. The third kappa shape index (κ3) is 4.85. The average Bonchev–Trinajstić information content (AvgIpc) is 3.12. The molecule has 0 saturated carbocycles. The van der Waals surface area contributed by atoms with E-state index in [4.69, 9.17) is 9.47 Å². The van der Waals surface area contributed by atoms with E-state index in [2.05, 4.69) is 22.8 Å². The fraction of sp³-hybridized carbons (Fsp3) is 0.400. The first kappa shape index (κ1) is 22.8. The van der Waals surface area contributed by atoms with E-state index in [1.54, 1.807) is 6.92 Å². The van der Waals surface area contributed by atoms with Crippen molar-refractivity contribution in [1.29, 1.82) is 0 Å². The van der Waals surface area contributed by atoms with Crippen molar-refractivity contribution in [3.8, 4) is 11.1 Å². The Bertz CT molecular complexity index is 1000. The van der Waals surface area contributed by atoms with Crippen LogP contribution in [0.15, 0.2) is 48.5 Å². The molecule has 0 aromatic heterocycles. The molecule has 3 N–H and O–H groups in total. The van der Waals surface area contributed by atoms with Gasteiger partial charge in [0, 0.05) is 44.4 Å². The van der Waals surface area contributed by atoms with Gasteiger partial charge in [0.05, 0.1) is 0 Å². The van der Waals surface area contributed by atoms with Gasteiger partial charge >= 0.3 is 12.1 Å². The van der Waals surface area contributed by atoms with Gasteiger partial charge in [-0.2, -0.15) is 0 Å². The van der Waals surface area contributed by atoms with E-state index in [0.717, 1.165) is 22.3 Å². The molecule has 0 radical (unpaired) electrons. The summed E-state index contributed by atoms with van der Waals surface area (Å²) in [5.74, 6) is -1.56. The molecule has 174 valence electrons. The minimum atomic E-state index is -1.32. The minimum absolute atomic E-state index is 0.0503. The lowest BCUT2D eigenvalue weighted by Crippen LogP contribution is -2.58. The molecule has 1 aliphatic carbocycles. The van der Waals surface area contributed by atoms with Crippen LogP contribution in [0.2, 0.25) is 0 Å². The van der Waals surface area contributed by atoms with Crippen molar-refractivity contribution >= 4 is 18.0 Å². The summed E-state index contributed by atoms with van der Waals surface area (Å²) in [6, 6.07) is 15.6. The maximum absolute atomic E-state index is 12.4. The summed E-state index contributed by atoms with van der Waals surface area (Å²) in [6.07, 6.45) is -0.249. The zero-order chi connectivity index (χ0) is 23.4. The first-order valence-electron chi connectivity index (χ1n) is 11.1. The molecule has 0 bridgehead atoms. The number of hydrogen-bond donors (Lipinski definition) is 3. The summed E-state index contributed by atoms with van der Waals surface area (Å²) in [7, 11) is 0. The van der Waals surface area contributed by atoms with Gasteiger partial charge in [0.2, 0.25) is 5.91 Å². The summed E-state index contributed by atoms with van der Waals surface area (Å²) in [6.45, 7) is 2.42. The van der Waals surface area contributed by atoms with Crippen molar-refractivity contribution in [2.45, 2.75) is 43.7 Å². The SMILES string of the molecule is C[C@@H](CC(=O)NC1(C(=O)O)CCOCC1)NC(=O)OCC1c2ccccc2-c2ccccc21. The Kier molecular flexibility index (Phi) is 6.65. The van der Waals surface area contributed by atoms with E-state index in [1.165, 1.54) is 0 Å². The number of rotatable bonds is 7. The number of hydrogen-bond acceptors (Lipinski definition) is 5. The number of carbonyl (C=O) groups excluding carboxylic acids is 2. The fourth-order valence-electron chi connectivity index (χ4n) is 4.60. The molecule has 0 unspecified atom stereocenters. The zero-order valence-electron chi connectivity index (χ0n) is 18.5. The van der Waals surface area contributed by atoms with E-state index in [0.29, 0.717) is 0 Å². The third-order valence-electron chi connectivity index (χ3n) is 6.33. The van der Waals surface area contributed by atoms with Crippen LogP contribution in [0.1, 0.15) is 43.2 Å². The maximum atomic E-state index is 12.4. The molecule has 1 atom stereocenters. The lowest BCUT2D eigenvalue weighted by Gasteiger charge is -2.34. The highest BCUT2D eigenvalue weighted by atomic mass is 16.5. The zero-order valence-corrected chi connectivity index (χ0v) is 18.5. The lowest BCUT2D eigenvalue weighted by atomic mass is 9.90. The van der Waals surface area contributed by atoms with Crippen LogP contribution in [0, 0.1) is 0 Å². The number of amides is 2. The van der Waals surface area contributed by atoms with Crippen LogP contribution >= 0.6 is 0 Å². The summed E-state index contributed by atoms with van der Waals surface area (Å²) in [5.41, 5.74) is 3.21. The number of nitrogens with one attached hydrogen (secondary N) is 2. The van der Waals surface area contributed by atoms with E-state index in [-0.39, 0.29) is 45.0 Å². The second kappa shape index (κ2) is 9.62. The van der Waals surface area contributed by atoms with Gasteiger partial charge in [0.15, 0.2) is 0 Å². The van der Waals surface area contributed by atoms with Gasteiger partial charge in [-0.3, -0.25) is 4.79 Å². The van der Waals surface area contributed by atoms with Crippen LogP contribution in [0.3, 0.4) is 0 Å². The molecule has 8 heteroatoms. The molecule has 2 amide bonds. The highest BCUT2D eigenvalue weighted by Crippen LogP contribution is 2.44. The molecule has 0 spiro atoms. The molecule has 4 rings (SSSR count). The van der Waals surface area contributed by atoms with E-state index >= 15 is 0 Å². The van der Waals surface area contributed by atoms with E-state index in [9.17, 15) is 19.5 Å². The van der Waals surface area contributed by atoms with E-state index in [1.807, 2.05) is 36.4 Å². The highest BCUT2D eigenvalue weighted by molar-refractivity contribution is 5.87. The molecule has 2 aromatic carbocycles. The van der Waals surface area contributed by atoms with Crippen LogP contribution in [0.5, 0.6) is 0 Å². The summed E-state index contributed by atoms with van der Waals surface area (Å²) >= 11 is 0. The van der Waals surface area contributed by atoms with Gasteiger partial charge in [0.1, 0.15) is 12.1 Å². The summed E-state index contributed by atoms with van der Waals surface area (Å²) < 4.78 is 10.7. The molecule has 1 saturated heterocycles. The number of ether oxygens (including phenoxy) is 2. The topological polar surface area (TPSA) is 114 Å². The second-order valence-corrected chi connectivity index (χ2v) is 8.62. The van der Waals surface area contributed by atoms with Crippen LogP contribution in [-0.2, 0) is 19.1 Å². The summed E-state index contributed by atoms with van der Waals surface area (Å²) in [4.78, 5) is 36.5. The molecule has 1 fully saturated rings. The number of aliphatic carboxylic acids is 1. The number of carboxylic acids is 1. The maximum Gasteiger partial charge on any atom is 0.407 e. The van der Waals surface area contributed by atoms with Crippen molar-refractivity contribution in [3.05, 3.63) is 59.7 Å². The molecule has 2 aliphatic rings. The van der Waals surface area contributed by atoms with E-state index < -0.39 is 29.6 Å². The minimum Gasteiger partial charge on any atom is -0.480 e. The Labute approximate surface area is 192 Å². The number of benzene rings is 2. The fourth-order valence-corrected chi connectivity index (χ4v) is 4.60. The Morgan fingerprint density at radius 1 is 1.06 bits per heavy atom. The van der Waals surface area contributed by atoms with Crippen LogP contribution in [0.25, 0.3) is 11.1 Å². The number of fused-ring (bicyclic) bond motifs is 3. The van der Waals surface area contributed by atoms with Gasteiger partial charge in [-0.1, -0.05) is 48.5 Å². The molecule has 33 heavy (non-hydrogen) atoms. The smallest absolute Gasteiger partial charge is 0.407 e. The standard InChI is InChI=1S/C25H28N2O6/c1-16(14-22(28)27-25(23(29)30)10-12-32-13-11-25)26-24(31)33-15-21-19-8-4-2-6-17(19)18-7-3-5-9-20(18)21/h2-9,16,21H,10-15H2,1H3,(H,26,31)(H,27,28)(H,29,30)/t16-/m0/s1. The van der Waals surface area contributed by atoms with Crippen molar-refractivity contribution in [2.75, 3.05) is 19.8 Å². The monoisotopic (exact) mass is 452 g/mol. The molecule has 1 heterocycles. The molecule has 2 aromatic rings. The van der Waals surface area contributed by atoms with Gasteiger partial charge in [-0.25, -0.2) is 9.59 Å². The third-order valence-corrected chi connectivity index (χ3v) is 6.33. The van der Waals surface area contributed by atoms with Crippen LogP contribution < -0.4 is 10.6 Å². The summed E-state index contributed by atoms with van der Waals surface area (Å²) in [5, 5.41) is 14.9. The first-order valence-corrected chi connectivity index (χ1v) is 11.1. The van der Waals surface area contributed by atoms with Crippen molar-refractivity contribution in [1.82, 2.24) is 10.6 Å². The van der Waals surface area contributed by atoms with Gasteiger partial charge in [-0.15, -0.1) is 0 Å². The van der Waals surface area contributed by atoms with Crippen LogP contribution in [-0.4, -0.2) is 54.5 Å². The van der Waals surface area contributed by atoms with Crippen molar-refractivity contribution in [3.63, 3.8) is 0 Å². The Balaban J connectivity index is 1.30. The Hall–Kier alpha value is -3.39. The lowest BCUT2D eigenvalue weighted by molar-refractivity contribution is -0.152. The average molecular weight is 453 g/mol. The van der Waals surface area contributed by atoms with Gasteiger partial charge < -0.3 is 25.2 Å². The Morgan fingerprint density at radius 3 is 2.21 bits per heavy atom. The number of alkyl carbamates (subject to hydrolysis) is 1. The van der Waals surface area contributed by atoms with Crippen LogP contribution in [0.4, 0.5) is 4.79 Å². The van der Waals surface area contributed by atoms with Crippen molar-refractivity contribution in [2.24, 2.45) is 0 Å². The van der Waals surface area contributed by atoms with Crippen molar-refractivity contribution < 1.29 is 29.0 Å². The number of carboxylic acid groups (broad SMARTS) is 1. The number of carbonyl (C=O) groups is 3. The van der Waals surface area contributed by atoms with Gasteiger partial charge in [0.25, 0.3) is 0 Å². The Morgan fingerprint density at radius 2 is 1.64 bits per heavy atom. The molecule has 1 aliphatic heterocycles. The van der Waals surface area contributed by atoms with Gasteiger partial charge in [-0.05, 0) is 29.2 Å². The second-order valence-electron chi connectivity index (χ2n) is 8.62. The quantitative estimate of drug-likeness (QED) is 0.595. The highest BCUT2D eigenvalue weighted by Gasteiger charge is 2.41. The normalized spacial score (nSPS) is 17.4. The molecule has 8 nitrogen and oxygen atoms in total. The first-order chi connectivity index (χ1) is 15.9. The molecular formula is C25H28N2O6. The molecular weight excluding hydrogens is 424 g/mol. The predicted molar refractivity (Wildman–Crippen MR) is 121 cm³/mol. The largest absolute Gasteiger partial charge is 0.480 e.